The van der Waals surface area contributed by atoms with Crippen molar-refractivity contribution >= 4 is 11.9 Å². The third-order valence-electron chi connectivity index (χ3n) is 6.23. The molecular formula is C28H31N2O4+. The van der Waals surface area contributed by atoms with Crippen molar-refractivity contribution in [1.82, 2.24) is 5.43 Å². The molecule has 0 spiro atoms. The van der Waals surface area contributed by atoms with Crippen LogP contribution >= 0.6 is 0 Å². The molecule has 3 aromatic rings. The zero-order valence-electron chi connectivity index (χ0n) is 19.4. The molecule has 1 unspecified atom stereocenters. The topological polar surface area (TPSA) is 64.6 Å². The fourth-order valence-corrected chi connectivity index (χ4v) is 4.31. The minimum atomic E-state index is -0.586. The van der Waals surface area contributed by atoms with Gasteiger partial charge in [0.1, 0.15) is 32.3 Å². The molecule has 0 aliphatic carbocycles. The quantitative estimate of drug-likeness (QED) is 0.364. The highest BCUT2D eigenvalue weighted by Gasteiger charge is 2.53. The number of esters is 2. The minimum absolute atomic E-state index is 0.215. The summed E-state index contributed by atoms with van der Waals surface area (Å²) in [4.78, 5) is 25.8. The summed E-state index contributed by atoms with van der Waals surface area (Å²) < 4.78 is 11.5. The molecule has 1 N–H and O–H groups in total. The van der Waals surface area contributed by atoms with Crippen LogP contribution in [0.25, 0.3) is 0 Å². The molecule has 0 bridgehead atoms. The highest BCUT2D eigenvalue weighted by atomic mass is 16.5. The maximum atomic E-state index is 13.1. The summed E-state index contributed by atoms with van der Waals surface area (Å²) in [7, 11) is 0. The summed E-state index contributed by atoms with van der Waals surface area (Å²) in [6.07, 6.45) is 0.694. The van der Waals surface area contributed by atoms with E-state index in [9.17, 15) is 9.59 Å². The number of ether oxygens (including phenoxy) is 2. The van der Waals surface area contributed by atoms with Crippen LogP contribution in [0.15, 0.2) is 91.0 Å². The number of nitrogens with one attached hydrogen (secondary N) is 1. The second kappa shape index (κ2) is 11.1. The predicted molar refractivity (Wildman–Crippen MR) is 129 cm³/mol. The molecule has 176 valence electrons. The Morgan fingerprint density at radius 2 is 1.32 bits per heavy atom. The number of nitrogens with zero attached hydrogens (tertiary/aromatic N) is 1. The molecule has 1 heterocycles. The third kappa shape index (κ3) is 5.90. The van der Waals surface area contributed by atoms with Crippen LogP contribution in [0.3, 0.4) is 0 Å². The van der Waals surface area contributed by atoms with E-state index >= 15 is 0 Å². The van der Waals surface area contributed by atoms with Crippen molar-refractivity contribution in [2.45, 2.75) is 45.2 Å². The van der Waals surface area contributed by atoms with E-state index in [4.69, 9.17) is 9.47 Å². The maximum absolute atomic E-state index is 13.1. The lowest BCUT2D eigenvalue weighted by molar-refractivity contribution is -1.03. The van der Waals surface area contributed by atoms with Gasteiger partial charge in [-0.1, -0.05) is 91.0 Å². The number of carbonyl (C=O) groups excluding carboxylic acids is 2. The molecule has 1 aliphatic rings. The summed E-state index contributed by atoms with van der Waals surface area (Å²) in [6.45, 7) is 3.52. The van der Waals surface area contributed by atoms with Crippen molar-refractivity contribution < 1.29 is 23.7 Å². The van der Waals surface area contributed by atoms with E-state index in [1.54, 1.807) is 6.92 Å². The normalized spacial score (nSPS) is 20.1. The van der Waals surface area contributed by atoms with E-state index in [1.165, 1.54) is 0 Å². The average molecular weight is 460 g/mol. The monoisotopic (exact) mass is 459 g/mol. The van der Waals surface area contributed by atoms with Gasteiger partial charge in [-0.25, -0.2) is 9.39 Å². The van der Waals surface area contributed by atoms with E-state index in [0.717, 1.165) is 23.2 Å². The van der Waals surface area contributed by atoms with E-state index in [0.29, 0.717) is 13.0 Å². The molecule has 0 aromatic heterocycles. The first-order valence-electron chi connectivity index (χ1n) is 11.7. The molecule has 1 fully saturated rings. The fraction of sp³-hybridized carbons (Fsp3) is 0.286. The Morgan fingerprint density at radius 1 is 0.824 bits per heavy atom. The van der Waals surface area contributed by atoms with Gasteiger partial charge < -0.3 is 9.47 Å². The first-order valence-corrected chi connectivity index (χ1v) is 11.7. The number of carbonyl (C=O) groups is 2. The van der Waals surface area contributed by atoms with E-state index in [-0.39, 0.29) is 29.7 Å². The molecule has 0 saturated carbocycles. The molecule has 6 heteroatoms. The van der Waals surface area contributed by atoms with Crippen molar-refractivity contribution in [2.24, 2.45) is 0 Å². The number of likely N-dealkylation sites (tertiary alicyclic amines) is 1. The van der Waals surface area contributed by atoms with Gasteiger partial charge in [0.2, 0.25) is 6.04 Å². The molecule has 1 saturated heterocycles. The Labute approximate surface area is 200 Å². The zero-order valence-corrected chi connectivity index (χ0v) is 19.4. The van der Waals surface area contributed by atoms with Crippen LogP contribution in [0.5, 0.6) is 0 Å². The SMILES string of the molecule is CC(N[N@+]1(Cc2ccccc2)CC[C@H]1C(=O)OCc1ccccc1)C(=O)OCc1ccccc1. The first-order chi connectivity index (χ1) is 16.6. The lowest BCUT2D eigenvalue weighted by Crippen LogP contribution is -2.75. The second-order valence-electron chi connectivity index (χ2n) is 8.74. The van der Waals surface area contributed by atoms with E-state index in [1.807, 2.05) is 91.0 Å². The van der Waals surface area contributed by atoms with Crippen LogP contribution in [0.2, 0.25) is 0 Å². The van der Waals surface area contributed by atoms with Gasteiger partial charge in [0.25, 0.3) is 0 Å². The van der Waals surface area contributed by atoms with Gasteiger partial charge in [0, 0.05) is 5.56 Å². The summed E-state index contributed by atoms with van der Waals surface area (Å²) in [5.74, 6) is -0.610. The Balaban J connectivity index is 1.43. The van der Waals surface area contributed by atoms with Crippen LogP contribution in [-0.2, 0) is 38.8 Å². The molecular weight excluding hydrogens is 428 g/mol. The minimum Gasteiger partial charge on any atom is -0.460 e. The third-order valence-corrected chi connectivity index (χ3v) is 6.23. The lowest BCUT2D eigenvalue weighted by atomic mass is 9.99. The van der Waals surface area contributed by atoms with Crippen LogP contribution in [0.4, 0.5) is 0 Å². The lowest BCUT2D eigenvalue weighted by Gasteiger charge is -2.50. The standard InChI is InChI=1S/C28H31N2O4/c1-22(27(31)33-20-24-13-7-3-8-14-24)29-30(19-23-11-5-2-6-12-23)18-17-26(30)28(32)34-21-25-15-9-4-10-16-25/h2-16,22,26,29H,17-21H2,1H3/q+1/t22?,26-,30-/m0/s1. The molecule has 3 atom stereocenters. The predicted octanol–water partition coefficient (Wildman–Crippen LogP) is 4.16. The Hall–Kier alpha value is -3.48. The van der Waals surface area contributed by atoms with Gasteiger partial charge in [0.15, 0.2) is 0 Å². The molecule has 4 rings (SSSR count). The van der Waals surface area contributed by atoms with Gasteiger partial charge >= 0.3 is 11.9 Å². The largest absolute Gasteiger partial charge is 0.460 e. The first kappa shape index (κ1) is 23.7. The van der Waals surface area contributed by atoms with Crippen molar-refractivity contribution in [3.8, 4) is 0 Å². The van der Waals surface area contributed by atoms with Crippen LogP contribution < -0.4 is 5.43 Å². The Morgan fingerprint density at radius 3 is 1.82 bits per heavy atom. The van der Waals surface area contributed by atoms with Crippen LogP contribution in [0, 0.1) is 0 Å². The highest BCUT2D eigenvalue weighted by Crippen LogP contribution is 2.31. The van der Waals surface area contributed by atoms with Crippen molar-refractivity contribution in [3.63, 3.8) is 0 Å². The van der Waals surface area contributed by atoms with E-state index in [2.05, 4.69) is 5.43 Å². The number of quaternary nitrogens is 1. The summed E-state index contributed by atoms with van der Waals surface area (Å²) in [5, 5.41) is 0. The van der Waals surface area contributed by atoms with E-state index < -0.39 is 12.1 Å². The molecule has 34 heavy (non-hydrogen) atoms. The maximum Gasteiger partial charge on any atom is 0.367 e. The number of hydrogen-bond donors (Lipinski definition) is 1. The molecule has 3 aromatic carbocycles. The smallest absolute Gasteiger partial charge is 0.367 e. The van der Waals surface area contributed by atoms with Crippen molar-refractivity contribution in [1.29, 1.82) is 0 Å². The van der Waals surface area contributed by atoms with Crippen molar-refractivity contribution in [2.75, 3.05) is 6.54 Å². The number of benzene rings is 3. The van der Waals surface area contributed by atoms with Crippen molar-refractivity contribution in [3.05, 3.63) is 108 Å². The highest BCUT2D eigenvalue weighted by molar-refractivity contribution is 5.76. The molecule has 0 radical (unpaired) electrons. The molecule has 0 amide bonds. The molecule has 1 aliphatic heterocycles. The van der Waals surface area contributed by atoms with Crippen LogP contribution in [0.1, 0.15) is 30.0 Å². The fourth-order valence-electron chi connectivity index (χ4n) is 4.31. The average Bonchev–Trinajstić information content (AvgIpc) is 2.86. The van der Waals surface area contributed by atoms with Gasteiger partial charge in [0.05, 0.1) is 6.42 Å². The summed E-state index contributed by atoms with van der Waals surface area (Å²) in [6, 6.07) is 28.2. The molecule has 6 nitrogen and oxygen atoms in total. The Bertz CT molecular complexity index is 1080. The number of rotatable bonds is 10. The van der Waals surface area contributed by atoms with Crippen LogP contribution in [-0.4, -0.2) is 35.2 Å². The second-order valence-corrected chi connectivity index (χ2v) is 8.74. The van der Waals surface area contributed by atoms with Gasteiger partial charge in [-0.05, 0) is 18.1 Å². The zero-order chi connectivity index (χ0) is 23.8. The Kier molecular flexibility index (Phi) is 7.72. The van der Waals surface area contributed by atoms with Gasteiger partial charge in [-0.15, -0.1) is 0 Å². The summed E-state index contributed by atoms with van der Waals surface area (Å²) >= 11 is 0. The summed E-state index contributed by atoms with van der Waals surface area (Å²) in [5.41, 5.74) is 6.37. The van der Waals surface area contributed by atoms with Gasteiger partial charge in [-0.2, -0.15) is 5.43 Å². The van der Waals surface area contributed by atoms with Gasteiger partial charge in [-0.3, -0.25) is 4.79 Å². The number of hydrogen-bond acceptors (Lipinski definition) is 5.